The third kappa shape index (κ3) is 3.98. The van der Waals surface area contributed by atoms with Crippen molar-refractivity contribution in [2.75, 3.05) is 5.32 Å². The Morgan fingerprint density at radius 3 is 2.66 bits per heavy atom. The van der Waals surface area contributed by atoms with Crippen molar-refractivity contribution in [3.8, 4) is 28.5 Å². The number of rotatable bonds is 5. The van der Waals surface area contributed by atoms with Gasteiger partial charge in [0.2, 0.25) is 0 Å². The molecule has 0 atom stereocenters. The predicted molar refractivity (Wildman–Crippen MR) is 115 cm³/mol. The Hall–Kier alpha value is -3.62. The Kier molecular flexibility index (Phi) is 5.28. The highest BCUT2D eigenvalue weighted by molar-refractivity contribution is 6.33. The van der Waals surface area contributed by atoms with Crippen LogP contribution in [0.1, 0.15) is 16.8 Å². The molecule has 5 nitrogen and oxygen atoms in total. The van der Waals surface area contributed by atoms with E-state index in [0.717, 1.165) is 39.5 Å². The number of pyridine rings is 1. The number of aryl methyl sites for hydroxylation is 1. The van der Waals surface area contributed by atoms with E-state index in [1.165, 1.54) is 0 Å². The lowest BCUT2D eigenvalue weighted by Crippen LogP contribution is -2.02. The molecule has 142 valence electrons. The van der Waals surface area contributed by atoms with E-state index in [4.69, 9.17) is 16.9 Å². The van der Waals surface area contributed by atoms with Gasteiger partial charge in [0.15, 0.2) is 0 Å². The normalized spacial score (nSPS) is 10.5. The van der Waals surface area contributed by atoms with Crippen molar-refractivity contribution in [3.63, 3.8) is 0 Å². The lowest BCUT2D eigenvalue weighted by atomic mass is 9.99. The van der Waals surface area contributed by atoms with E-state index < -0.39 is 0 Å². The summed E-state index contributed by atoms with van der Waals surface area (Å²) in [6.07, 6.45) is 1.76. The number of aromatic nitrogens is 3. The average molecular weight is 400 g/mol. The van der Waals surface area contributed by atoms with Crippen LogP contribution in [-0.2, 0) is 6.54 Å². The van der Waals surface area contributed by atoms with E-state index in [0.29, 0.717) is 17.1 Å². The zero-order valence-electron chi connectivity index (χ0n) is 15.8. The number of anilines is 1. The number of hydrogen-bond donors (Lipinski definition) is 2. The fourth-order valence-electron chi connectivity index (χ4n) is 3.20. The first kappa shape index (κ1) is 18.7. The van der Waals surface area contributed by atoms with Gasteiger partial charge in [-0.05, 0) is 47.9 Å². The summed E-state index contributed by atoms with van der Waals surface area (Å²) < 4.78 is 0. The van der Waals surface area contributed by atoms with Gasteiger partial charge in [0, 0.05) is 11.8 Å². The minimum Gasteiger partial charge on any atom is -0.364 e. The number of halogens is 1. The molecule has 4 aromatic rings. The van der Waals surface area contributed by atoms with E-state index in [1.54, 1.807) is 6.20 Å². The van der Waals surface area contributed by atoms with Crippen molar-refractivity contribution in [2.45, 2.75) is 13.5 Å². The van der Waals surface area contributed by atoms with Crippen LogP contribution in [0.4, 0.5) is 5.82 Å². The van der Waals surface area contributed by atoms with Crippen LogP contribution in [-0.4, -0.2) is 15.2 Å². The number of nitriles is 1. The van der Waals surface area contributed by atoms with Crippen LogP contribution in [0.25, 0.3) is 22.4 Å². The molecule has 2 N–H and O–H groups in total. The van der Waals surface area contributed by atoms with Crippen molar-refractivity contribution < 1.29 is 0 Å². The first-order valence-corrected chi connectivity index (χ1v) is 9.52. The second kappa shape index (κ2) is 8.17. The largest absolute Gasteiger partial charge is 0.364 e. The summed E-state index contributed by atoms with van der Waals surface area (Å²) in [5, 5.41) is 20.3. The average Bonchev–Trinajstić information content (AvgIpc) is 3.13. The second-order valence-electron chi connectivity index (χ2n) is 6.66. The highest BCUT2D eigenvalue weighted by Gasteiger charge is 2.13. The van der Waals surface area contributed by atoms with Gasteiger partial charge in [0.25, 0.3) is 0 Å². The van der Waals surface area contributed by atoms with Crippen LogP contribution < -0.4 is 5.32 Å². The van der Waals surface area contributed by atoms with Gasteiger partial charge in [0.05, 0.1) is 28.9 Å². The van der Waals surface area contributed by atoms with E-state index in [-0.39, 0.29) is 0 Å². The topological polar surface area (TPSA) is 77.4 Å². The Morgan fingerprint density at radius 2 is 1.90 bits per heavy atom. The number of nitrogens with zero attached hydrogens (tertiary/aromatic N) is 3. The zero-order valence-corrected chi connectivity index (χ0v) is 16.5. The molecule has 0 aliphatic carbocycles. The van der Waals surface area contributed by atoms with Gasteiger partial charge < -0.3 is 5.32 Å². The SMILES string of the molecule is Cc1cc(C#N)ccc1-c1ccnc(NCc2[nH]nc(-c3ccccc3)c2Cl)c1. The Bertz CT molecular complexity index is 1190. The molecule has 0 aliphatic rings. The predicted octanol–water partition coefficient (Wildman–Crippen LogP) is 5.58. The second-order valence-corrected chi connectivity index (χ2v) is 7.03. The summed E-state index contributed by atoms with van der Waals surface area (Å²) in [7, 11) is 0. The van der Waals surface area contributed by atoms with E-state index >= 15 is 0 Å². The quantitative estimate of drug-likeness (QED) is 0.459. The van der Waals surface area contributed by atoms with Crippen molar-refractivity contribution >= 4 is 17.4 Å². The van der Waals surface area contributed by atoms with Gasteiger partial charge in [0.1, 0.15) is 11.5 Å². The van der Waals surface area contributed by atoms with Gasteiger partial charge in [-0.25, -0.2) is 4.98 Å². The lowest BCUT2D eigenvalue weighted by Gasteiger charge is -2.09. The smallest absolute Gasteiger partial charge is 0.126 e. The molecule has 4 rings (SSSR count). The fraction of sp³-hybridized carbons (Fsp3) is 0.0870. The molecule has 0 radical (unpaired) electrons. The molecule has 2 aromatic carbocycles. The Balaban J connectivity index is 1.53. The van der Waals surface area contributed by atoms with Crippen molar-refractivity contribution in [3.05, 3.63) is 88.7 Å². The molecule has 2 aromatic heterocycles. The van der Waals surface area contributed by atoms with Gasteiger partial charge in [-0.15, -0.1) is 0 Å². The van der Waals surface area contributed by atoms with E-state index in [1.807, 2.05) is 67.6 Å². The molecule has 0 unspecified atom stereocenters. The summed E-state index contributed by atoms with van der Waals surface area (Å²) >= 11 is 6.52. The lowest BCUT2D eigenvalue weighted by molar-refractivity contribution is 0.976. The first-order chi connectivity index (χ1) is 14.2. The third-order valence-corrected chi connectivity index (χ3v) is 5.10. The van der Waals surface area contributed by atoms with Crippen LogP contribution in [0, 0.1) is 18.3 Å². The maximum Gasteiger partial charge on any atom is 0.126 e. The van der Waals surface area contributed by atoms with Crippen LogP contribution in [0.3, 0.4) is 0 Å². The van der Waals surface area contributed by atoms with Crippen molar-refractivity contribution in [1.29, 1.82) is 5.26 Å². The van der Waals surface area contributed by atoms with Gasteiger partial charge >= 0.3 is 0 Å². The minimum absolute atomic E-state index is 0.474. The van der Waals surface area contributed by atoms with Crippen LogP contribution >= 0.6 is 11.6 Å². The van der Waals surface area contributed by atoms with Gasteiger partial charge in [-0.1, -0.05) is 48.0 Å². The molecule has 0 bridgehead atoms. The maximum absolute atomic E-state index is 9.05. The number of benzene rings is 2. The summed E-state index contributed by atoms with van der Waals surface area (Å²) in [5.74, 6) is 0.734. The molecular formula is C23H18ClN5. The molecule has 0 saturated carbocycles. The number of hydrogen-bond acceptors (Lipinski definition) is 4. The Morgan fingerprint density at radius 1 is 1.07 bits per heavy atom. The van der Waals surface area contributed by atoms with Crippen LogP contribution in [0.15, 0.2) is 66.9 Å². The van der Waals surface area contributed by atoms with Crippen LogP contribution in [0.2, 0.25) is 5.02 Å². The Labute approximate surface area is 174 Å². The third-order valence-electron chi connectivity index (χ3n) is 4.70. The molecule has 6 heteroatoms. The van der Waals surface area contributed by atoms with Gasteiger partial charge in [-0.3, -0.25) is 5.10 Å². The molecule has 0 amide bonds. The van der Waals surface area contributed by atoms with E-state index in [2.05, 4.69) is 26.6 Å². The summed E-state index contributed by atoms with van der Waals surface area (Å²) in [6.45, 7) is 2.47. The number of aromatic amines is 1. The minimum atomic E-state index is 0.474. The molecule has 0 fully saturated rings. The molecule has 0 aliphatic heterocycles. The highest BCUT2D eigenvalue weighted by Crippen LogP contribution is 2.29. The van der Waals surface area contributed by atoms with E-state index in [9.17, 15) is 0 Å². The number of H-pyrrole nitrogens is 1. The zero-order chi connectivity index (χ0) is 20.2. The van der Waals surface area contributed by atoms with Crippen molar-refractivity contribution in [1.82, 2.24) is 15.2 Å². The highest BCUT2D eigenvalue weighted by atomic mass is 35.5. The molecular weight excluding hydrogens is 382 g/mol. The summed E-state index contributed by atoms with van der Waals surface area (Å²) in [6, 6.07) is 21.6. The summed E-state index contributed by atoms with van der Waals surface area (Å²) in [4.78, 5) is 4.40. The van der Waals surface area contributed by atoms with Crippen molar-refractivity contribution in [2.24, 2.45) is 0 Å². The van der Waals surface area contributed by atoms with Crippen LogP contribution in [0.5, 0.6) is 0 Å². The monoisotopic (exact) mass is 399 g/mol. The number of nitrogens with one attached hydrogen (secondary N) is 2. The maximum atomic E-state index is 9.05. The fourth-order valence-corrected chi connectivity index (χ4v) is 3.46. The molecule has 2 heterocycles. The standard InChI is InChI=1S/C23H18ClN5/c1-15-11-16(13-25)7-8-19(15)18-9-10-26-21(12-18)27-14-20-22(24)23(29-28-20)17-5-3-2-4-6-17/h2-12H,14H2,1H3,(H,26,27)(H,28,29). The first-order valence-electron chi connectivity index (χ1n) is 9.15. The molecule has 0 saturated heterocycles. The summed E-state index contributed by atoms with van der Waals surface area (Å²) in [5.41, 5.74) is 6.31. The van der Waals surface area contributed by atoms with Gasteiger partial charge in [-0.2, -0.15) is 10.4 Å². The molecule has 29 heavy (non-hydrogen) atoms. The molecule has 0 spiro atoms.